The summed E-state index contributed by atoms with van der Waals surface area (Å²) in [6, 6.07) is 7.19. The first-order chi connectivity index (χ1) is 25.2. The van der Waals surface area contributed by atoms with E-state index in [2.05, 4.69) is 34.0 Å². The summed E-state index contributed by atoms with van der Waals surface area (Å²) >= 11 is 0. The molecule has 2 aliphatic rings. The van der Waals surface area contributed by atoms with Crippen LogP contribution in [0, 0.1) is 29.9 Å². The van der Waals surface area contributed by atoms with Crippen molar-refractivity contribution < 1.29 is 36.3 Å². The van der Waals surface area contributed by atoms with Crippen LogP contribution >= 0.6 is 0 Å². The first-order valence-electron chi connectivity index (χ1n) is 17.5. The van der Waals surface area contributed by atoms with E-state index in [0.29, 0.717) is 31.5 Å². The molecule has 2 aromatic carbocycles. The van der Waals surface area contributed by atoms with Crippen LogP contribution in [-0.4, -0.2) is 75.0 Å². The lowest BCUT2D eigenvalue weighted by molar-refractivity contribution is -0.157. The van der Waals surface area contributed by atoms with Crippen molar-refractivity contribution >= 4 is 17.5 Å². The number of rotatable bonds is 13. The number of hydrogen-bond acceptors (Lipinski definition) is 8. The van der Waals surface area contributed by atoms with Gasteiger partial charge in [0.25, 0.3) is 11.8 Å². The molecule has 53 heavy (non-hydrogen) atoms. The zero-order valence-electron chi connectivity index (χ0n) is 30.3. The second-order valence-corrected chi connectivity index (χ2v) is 13.4. The number of hydrogen-bond donors (Lipinski definition) is 1. The Morgan fingerprint density at radius 1 is 1.08 bits per heavy atom. The van der Waals surface area contributed by atoms with Crippen LogP contribution in [0.4, 0.5) is 27.6 Å². The minimum absolute atomic E-state index is 0.0154. The molecule has 1 atom stereocenters. The van der Waals surface area contributed by atoms with Crippen molar-refractivity contribution in [3.63, 3.8) is 0 Å². The molecule has 0 radical (unpaired) electrons. The average Bonchev–Trinajstić information content (AvgIpc) is 3.52. The number of carbonyl (C=O) groups is 2. The highest BCUT2D eigenvalue weighted by Gasteiger charge is 2.50. The summed E-state index contributed by atoms with van der Waals surface area (Å²) in [5, 5.41) is 15.1. The predicted octanol–water partition coefficient (Wildman–Crippen LogP) is 7.19. The van der Waals surface area contributed by atoms with Crippen LogP contribution in [0.3, 0.4) is 0 Å². The van der Waals surface area contributed by atoms with E-state index < -0.39 is 47.3 Å². The zero-order valence-corrected chi connectivity index (χ0v) is 30.3. The van der Waals surface area contributed by atoms with Crippen LogP contribution in [0.25, 0.3) is 11.3 Å². The van der Waals surface area contributed by atoms with Crippen LogP contribution in [0.2, 0.25) is 0 Å². The highest BCUT2D eigenvalue weighted by molar-refractivity contribution is 6.24. The topological polar surface area (TPSA) is 115 Å². The molecule has 5 rings (SSSR count). The third-order valence-electron chi connectivity index (χ3n) is 9.98. The lowest BCUT2D eigenvalue weighted by Crippen LogP contribution is -2.60. The zero-order chi connectivity index (χ0) is 38.7. The average molecular weight is 740 g/mol. The Hall–Kier alpha value is -4.94. The molecule has 2 aliphatic heterocycles. The van der Waals surface area contributed by atoms with E-state index in [9.17, 15) is 28.0 Å². The lowest BCUT2D eigenvalue weighted by Gasteiger charge is -2.48. The molecule has 0 bridgehead atoms. The second kappa shape index (κ2) is 16.0. The number of carbonyl (C=O) groups excluding carboxylic acids is 2. The number of nitrogens with zero attached hydrogens (tertiary/aromatic N) is 6. The SMILES string of the molecule is CCCN(CCC)CCOc1ccc(CN2C(=O)C(C(=O)Nc3ccc(C(F)(F)F)cc3-c3ncnc(C#N)c3C)=C(C)C3(C)CCCN23)c(F)c1F. The van der Waals surface area contributed by atoms with Gasteiger partial charge in [0.2, 0.25) is 5.82 Å². The van der Waals surface area contributed by atoms with E-state index in [4.69, 9.17) is 4.74 Å². The monoisotopic (exact) mass is 739 g/mol. The van der Waals surface area contributed by atoms with Gasteiger partial charge in [-0.2, -0.15) is 22.8 Å². The van der Waals surface area contributed by atoms with E-state index in [0.717, 1.165) is 50.5 Å². The first kappa shape index (κ1) is 39.3. The molecule has 282 valence electrons. The second-order valence-electron chi connectivity index (χ2n) is 13.4. The standard InChI is InChI=1S/C38H42F5N7O3/c1-6-14-48(15-7-2)17-18-53-30-12-9-25(32(39)33(30)40)21-49-36(52)31(24(4)37(5)13-8-16-50(37)49)35(51)47-28-11-10-26(38(41,42)43)19-27(28)34-23(3)29(20-44)45-22-46-34/h9-12,19,22H,6-8,13-18,21H2,1-5H3,(H,47,51). The van der Waals surface area contributed by atoms with Crippen molar-refractivity contribution in [3.8, 4) is 23.1 Å². The highest BCUT2D eigenvalue weighted by atomic mass is 19.4. The van der Waals surface area contributed by atoms with Gasteiger partial charge in [0.1, 0.15) is 30.3 Å². The van der Waals surface area contributed by atoms with Crippen molar-refractivity contribution in [1.82, 2.24) is 24.9 Å². The molecule has 0 saturated carbocycles. The van der Waals surface area contributed by atoms with Gasteiger partial charge < -0.3 is 10.1 Å². The summed E-state index contributed by atoms with van der Waals surface area (Å²) in [6.45, 7) is 11.5. The van der Waals surface area contributed by atoms with E-state index >= 15 is 8.78 Å². The van der Waals surface area contributed by atoms with Crippen LogP contribution in [0.5, 0.6) is 5.75 Å². The molecule has 10 nitrogen and oxygen atoms in total. The van der Waals surface area contributed by atoms with Gasteiger partial charge in [0.05, 0.1) is 29.0 Å². The number of nitriles is 1. The fourth-order valence-electron chi connectivity index (χ4n) is 7.07. The fourth-order valence-corrected chi connectivity index (χ4v) is 7.07. The Morgan fingerprint density at radius 3 is 2.45 bits per heavy atom. The van der Waals surface area contributed by atoms with E-state index in [-0.39, 0.29) is 51.7 Å². The van der Waals surface area contributed by atoms with Gasteiger partial charge in [0.15, 0.2) is 11.6 Å². The Bertz CT molecular complexity index is 1960. The molecular weight excluding hydrogens is 697 g/mol. The molecule has 1 unspecified atom stereocenters. The number of hydrazine groups is 1. The number of alkyl halides is 3. The third kappa shape index (κ3) is 7.89. The minimum Gasteiger partial charge on any atom is -0.489 e. The summed E-state index contributed by atoms with van der Waals surface area (Å²) in [7, 11) is 0. The molecule has 0 spiro atoms. The van der Waals surface area contributed by atoms with E-state index in [1.54, 1.807) is 11.9 Å². The van der Waals surface area contributed by atoms with Gasteiger partial charge >= 0.3 is 6.18 Å². The van der Waals surface area contributed by atoms with Crippen LogP contribution in [0.1, 0.15) is 75.8 Å². The van der Waals surface area contributed by atoms with Crippen molar-refractivity contribution in [3.05, 3.63) is 81.8 Å². The smallest absolute Gasteiger partial charge is 0.416 e. The molecule has 3 heterocycles. The van der Waals surface area contributed by atoms with Gasteiger partial charge in [0, 0.05) is 29.8 Å². The minimum atomic E-state index is -4.74. The molecule has 1 fully saturated rings. The first-order valence-corrected chi connectivity index (χ1v) is 17.5. The number of nitrogens with one attached hydrogen (secondary N) is 1. The molecular formula is C38H42F5N7O3. The van der Waals surface area contributed by atoms with E-state index in [1.165, 1.54) is 24.1 Å². The summed E-state index contributed by atoms with van der Waals surface area (Å²) in [5.41, 5.74) is -1.99. The molecule has 1 saturated heterocycles. The van der Waals surface area contributed by atoms with Gasteiger partial charge in [-0.15, -0.1) is 0 Å². The number of benzene rings is 2. The van der Waals surface area contributed by atoms with E-state index in [1.807, 2.05) is 13.0 Å². The van der Waals surface area contributed by atoms with Crippen molar-refractivity contribution in [1.29, 1.82) is 5.26 Å². The summed E-state index contributed by atoms with van der Waals surface area (Å²) in [5.74, 6) is -4.32. The van der Waals surface area contributed by atoms with Crippen LogP contribution in [-0.2, 0) is 22.3 Å². The number of amides is 2. The maximum absolute atomic E-state index is 15.6. The summed E-state index contributed by atoms with van der Waals surface area (Å²) < 4.78 is 78.0. The normalized spacial score (nSPS) is 17.7. The number of fused-ring (bicyclic) bond motifs is 1. The van der Waals surface area contributed by atoms with Crippen LogP contribution in [0.15, 0.2) is 47.8 Å². The highest BCUT2D eigenvalue weighted by Crippen LogP contribution is 2.44. The maximum Gasteiger partial charge on any atom is 0.416 e. The van der Waals surface area contributed by atoms with Gasteiger partial charge in [-0.3, -0.25) is 19.5 Å². The van der Waals surface area contributed by atoms with Crippen molar-refractivity contribution in [2.75, 3.05) is 38.1 Å². The Labute approximate surface area is 305 Å². The third-order valence-corrected chi connectivity index (χ3v) is 9.98. The molecule has 1 aromatic heterocycles. The van der Waals surface area contributed by atoms with Crippen LogP contribution < -0.4 is 10.1 Å². The number of ether oxygens (including phenoxy) is 1. The van der Waals surface area contributed by atoms with Gasteiger partial charge in [-0.25, -0.2) is 19.4 Å². The fraction of sp³-hybridized carbons (Fsp3) is 0.447. The van der Waals surface area contributed by atoms with Gasteiger partial charge in [-0.1, -0.05) is 19.9 Å². The summed E-state index contributed by atoms with van der Waals surface area (Å²) in [6.07, 6.45) is -0.626. The largest absolute Gasteiger partial charge is 0.489 e. The Kier molecular flexibility index (Phi) is 11.8. The summed E-state index contributed by atoms with van der Waals surface area (Å²) in [4.78, 5) is 38.5. The Morgan fingerprint density at radius 2 is 1.79 bits per heavy atom. The Balaban J connectivity index is 1.45. The number of aromatic nitrogens is 2. The lowest BCUT2D eigenvalue weighted by atomic mass is 9.84. The predicted molar refractivity (Wildman–Crippen MR) is 187 cm³/mol. The van der Waals surface area contributed by atoms with Crippen molar-refractivity contribution in [2.45, 2.75) is 78.6 Å². The van der Waals surface area contributed by atoms with Crippen molar-refractivity contribution in [2.24, 2.45) is 0 Å². The molecule has 1 N–H and O–H groups in total. The molecule has 0 aliphatic carbocycles. The number of anilines is 1. The molecule has 15 heteroatoms. The number of halogens is 5. The molecule has 2 amide bonds. The maximum atomic E-state index is 15.6. The van der Waals surface area contributed by atoms with Gasteiger partial charge in [-0.05, 0) is 89.4 Å². The molecule has 3 aromatic rings. The quantitative estimate of drug-likeness (QED) is 0.145.